The average molecular weight is 263 g/mol. The molecule has 94 valence electrons. The van der Waals surface area contributed by atoms with E-state index in [4.69, 9.17) is 11.6 Å². The van der Waals surface area contributed by atoms with Crippen molar-refractivity contribution in [3.8, 4) is 0 Å². The van der Waals surface area contributed by atoms with Crippen LogP contribution < -0.4 is 5.32 Å². The number of anilines is 1. The lowest BCUT2D eigenvalue weighted by Crippen LogP contribution is -2.12. The normalized spacial score (nSPS) is 12.2. The number of aryl methyl sites for hydroxylation is 2. The second kappa shape index (κ2) is 5.31. The molecule has 18 heavy (non-hydrogen) atoms. The van der Waals surface area contributed by atoms with E-state index in [2.05, 4.69) is 20.3 Å². The van der Waals surface area contributed by atoms with Gasteiger partial charge >= 0.3 is 0 Å². The Labute approximate surface area is 111 Å². The van der Waals surface area contributed by atoms with Gasteiger partial charge in [0.1, 0.15) is 0 Å². The largest absolute Gasteiger partial charge is 0.374 e. The molecule has 0 saturated carbocycles. The number of hydrogen-bond acceptors (Lipinski definition) is 4. The van der Waals surface area contributed by atoms with Gasteiger partial charge in [0, 0.05) is 18.6 Å². The molecule has 0 radical (unpaired) electrons. The Kier molecular flexibility index (Phi) is 3.77. The second-order valence-electron chi connectivity index (χ2n) is 4.19. The van der Waals surface area contributed by atoms with Crippen molar-refractivity contribution in [2.75, 3.05) is 5.32 Å². The average Bonchev–Trinajstić information content (AvgIpc) is 2.34. The Morgan fingerprint density at radius 2 is 1.83 bits per heavy atom. The van der Waals surface area contributed by atoms with E-state index in [-0.39, 0.29) is 6.04 Å². The van der Waals surface area contributed by atoms with E-state index >= 15 is 0 Å². The van der Waals surface area contributed by atoms with Crippen LogP contribution >= 0.6 is 11.6 Å². The highest BCUT2D eigenvalue weighted by molar-refractivity contribution is 6.32. The molecule has 0 aliphatic heterocycles. The highest BCUT2D eigenvalue weighted by atomic mass is 35.5. The van der Waals surface area contributed by atoms with Gasteiger partial charge in [-0.15, -0.1) is 0 Å². The molecule has 0 spiro atoms. The number of nitrogens with one attached hydrogen (secondary N) is 1. The van der Waals surface area contributed by atoms with E-state index in [0.717, 1.165) is 22.6 Å². The topological polar surface area (TPSA) is 50.7 Å². The maximum Gasteiger partial charge on any atom is 0.152 e. The Bertz CT molecular complexity index is 536. The third-order valence-corrected chi connectivity index (χ3v) is 3.09. The quantitative estimate of drug-likeness (QED) is 0.862. The van der Waals surface area contributed by atoms with E-state index in [1.807, 2.05) is 26.8 Å². The van der Waals surface area contributed by atoms with Gasteiger partial charge in [-0.25, -0.2) is 4.98 Å². The van der Waals surface area contributed by atoms with Gasteiger partial charge in [0.15, 0.2) is 5.15 Å². The minimum absolute atomic E-state index is 0.0269. The van der Waals surface area contributed by atoms with Crippen molar-refractivity contribution < 1.29 is 0 Å². The van der Waals surface area contributed by atoms with Crippen molar-refractivity contribution in [2.45, 2.75) is 26.8 Å². The lowest BCUT2D eigenvalue weighted by molar-refractivity contribution is 0.808. The maximum atomic E-state index is 6.09. The van der Waals surface area contributed by atoms with Gasteiger partial charge < -0.3 is 5.32 Å². The minimum atomic E-state index is 0.0269. The van der Waals surface area contributed by atoms with E-state index in [1.165, 1.54) is 0 Å². The number of rotatable bonds is 3. The summed E-state index contributed by atoms with van der Waals surface area (Å²) in [6.45, 7) is 5.96. The number of pyridine rings is 1. The monoisotopic (exact) mass is 262 g/mol. The predicted molar refractivity (Wildman–Crippen MR) is 72.8 cm³/mol. The summed E-state index contributed by atoms with van der Waals surface area (Å²) in [6, 6.07) is 1.95. The molecule has 0 aliphatic rings. The Morgan fingerprint density at radius 3 is 2.50 bits per heavy atom. The van der Waals surface area contributed by atoms with E-state index in [0.29, 0.717) is 5.15 Å². The molecule has 5 heteroatoms. The summed E-state index contributed by atoms with van der Waals surface area (Å²) < 4.78 is 0. The van der Waals surface area contributed by atoms with Crippen molar-refractivity contribution in [1.82, 2.24) is 15.0 Å². The molecule has 0 saturated heterocycles. The zero-order valence-electron chi connectivity index (χ0n) is 10.6. The first kappa shape index (κ1) is 12.8. The summed E-state index contributed by atoms with van der Waals surface area (Å²) in [5.41, 5.74) is 3.73. The van der Waals surface area contributed by atoms with Crippen LogP contribution in [0.2, 0.25) is 5.15 Å². The second-order valence-corrected chi connectivity index (χ2v) is 4.54. The van der Waals surface area contributed by atoms with Gasteiger partial charge in [0.2, 0.25) is 0 Å². The van der Waals surface area contributed by atoms with Gasteiger partial charge in [0.25, 0.3) is 0 Å². The molecular weight excluding hydrogens is 248 g/mol. The van der Waals surface area contributed by atoms with E-state index in [9.17, 15) is 0 Å². The lowest BCUT2D eigenvalue weighted by atomic mass is 10.1. The van der Waals surface area contributed by atoms with Gasteiger partial charge in [-0.1, -0.05) is 11.6 Å². The molecule has 0 aliphatic carbocycles. The summed E-state index contributed by atoms with van der Waals surface area (Å²) in [5.74, 6) is 0. The van der Waals surface area contributed by atoms with Gasteiger partial charge in [-0.05, 0) is 32.4 Å². The van der Waals surface area contributed by atoms with Crippen molar-refractivity contribution >= 4 is 17.3 Å². The van der Waals surface area contributed by atoms with Crippen LogP contribution in [0.5, 0.6) is 0 Å². The van der Waals surface area contributed by atoms with Crippen LogP contribution in [-0.2, 0) is 0 Å². The van der Waals surface area contributed by atoms with Gasteiger partial charge in [-0.3, -0.25) is 9.97 Å². The van der Waals surface area contributed by atoms with Gasteiger partial charge in [0.05, 0.1) is 23.1 Å². The lowest BCUT2D eigenvalue weighted by Gasteiger charge is -2.18. The zero-order valence-corrected chi connectivity index (χ0v) is 11.4. The Morgan fingerprint density at radius 1 is 1.11 bits per heavy atom. The fourth-order valence-corrected chi connectivity index (χ4v) is 2.09. The fraction of sp³-hybridized carbons (Fsp3) is 0.308. The smallest absolute Gasteiger partial charge is 0.152 e. The molecule has 2 rings (SSSR count). The molecule has 4 nitrogen and oxygen atoms in total. The SMILES string of the molecule is Cc1ccnc(Cl)c1NC(C)c1nccnc1C. The third kappa shape index (κ3) is 2.59. The van der Waals surface area contributed by atoms with Gasteiger partial charge in [-0.2, -0.15) is 0 Å². The molecule has 2 aromatic heterocycles. The summed E-state index contributed by atoms with van der Waals surface area (Å²) in [5, 5.41) is 3.81. The standard InChI is InChI=1S/C13H15ClN4/c1-8-4-5-17-13(14)11(8)18-10(3)12-9(2)15-6-7-16-12/h4-7,10,18H,1-3H3. The van der Waals surface area contributed by atoms with Crippen molar-refractivity contribution in [3.05, 3.63) is 46.8 Å². The fourth-order valence-electron chi connectivity index (χ4n) is 1.83. The summed E-state index contributed by atoms with van der Waals surface area (Å²) in [4.78, 5) is 12.7. The van der Waals surface area contributed by atoms with Crippen molar-refractivity contribution in [2.24, 2.45) is 0 Å². The van der Waals surface area contributed by atoms with Crippen LogP contribution in [0.25, 0.3) is 0 Å². The summed E-state index contributed by atoms with van der Waals surface area (Å²) in [6.07, 6.45) is 5.08. The summed E-state index contributed by atoms with van der Waals surface area (Å²) in [7, 11) is 0. The molecular formula is C13H15ClN4. The number of hydrogen-bond donors (Lipinski definition) is 1. The molecule has 1 unspecified atom stereocenters. The first-order valence-corrected chi connectivity index (χ1v) is 6.12. The molecule has 2 heterocycles. The molecule has 1 N–H and O–H groups in total. The van der Waals surface area contributed by atoms with Crippen LogP contribution in [0, 0.1) is 13.8 Å². The molecule has 0 amide bonds. The molecule has 0 aromatic carbocycles. The minimum Gasteiger partial charge on any atom is -0.374 e. The van der Waals surface area contributed by atoms with Crippen LogP contribution in [0.4, 0.5) is 5.69 Å². The number of aromatic nitrogens is 3. The summed E-state index contributed by atoms with van der Waals surface area (Å²) >= 11 is 6.09. The van der Waals surface area contributed by atoms with Crippen LogP contribution in [0.15, 0.2) is 24.7 Å². The van der Waals surface area contributed by atoms with Crippen molar-refractivity contribution in [1.29, 1.82) is 0 Å². The highest BCUT2D eigenvalue weighted by Gasteiger charge is 2.13. The zero-order chi connectivity index (χ0) is 13.1. The van der Waals surface area contributed by atoms with E-state index < -0.39 is 0 Å². The first-order chi connectivity index (χ1) is 8.59. The van der Waals surface area contributed by atoms with E-state index in [1.54, 1.807) is 18.6 Å². The van der Waals surface area contributed by atoms with Crippen LogP contribution in [-0.4, -0.2) is 15.0 Å². The molecule has 2 aromatic rings. The van der Waals surface area contributed by atoms with Crippen LogP contribution in [0.1, 0.15) is 29.9 Å². The Hall–Kier alpha value is -1.68. The van der Waals surface area contributed by atoms with Crippen LogP contribution in [0.3, 0.4) is 0 Å². The van der Waals surface area contributed by atoms with Crippen molar-refractivity contribution in [3.63, 3.8) is 0 Å². The predicted octanol–water partition coefficient (Wildman–Crippen LogP) is 3.31. The number of nitrogens with zero attached hydrogens (tertiary/aromatic N) is 3. The molecule has 0 bridgehead atoms. The molecule has 1 atom stereocenters. The maximum absolute atomic E-state index is 6.09. The number of halogens is 1. The molecule has 0 fully saturated rings. The third-order valence-electron chi connectivity index (χ3n) is 2.80. The highest BCUT2D eigenvalue weighted by Crippen LogP contribution is 2.27. The Balaban J connectivity index is 2.27. The first-order valence-electron chi connectivity index (χ1n) is 5.74.